The molecule has 106 valence electrons. The molecule has 1 aromatic rings. The molecule has 0 saturated heterocycles. The maximum Gasteiger partial charge on any atom is 0.312 e. The van der Waals surface area contributed by atoms with E-state index in [0.29, 0.717) is 10.0 Å². The number of nitrogens with zero attached hydrogens (tertiary/aromatic N) is 1. The molecule has 0 heterocycles. The molecule has 1 aromatic carbocycles. The van der Waals surface area contributed by atoms with Crippen molar-refractivity contribution < 1.29 is 19.5 Å². The van der Waals surface area contributed by atoms with Gasteiger partial charge in [0.25, 0.3) is 0 Å². The van der Waals surface area contributed by atoms with Gasteiger partial charge in [-0.05, 0) is 19.9 Å². The van der Waals surface area contributed by atoms with Crippen LogP contribution in [0.15, 0.2) is 16.6 Å². The molecule has 0 radical (unpaired) electrons. The van der Waals surface area contributed by atoms with Crippen molar-refractivity contribution in [2.45, 2.75) is 26.1 Å². The smallest absolute Gasteiger partial charge is 0.312 e. The highest BCUT2D eigenvalue weighted by molar-refractivity contribution is 9.10. The van der Waals surface area contributed by atoms with Crippen LogP contribution >= 0.6 is 15.9 Å². The topological polar surface area (TPSA) is 81.8 Å². The van der Waals surface area contributed by atoms with E-state index in [9.17, 15) is 15.2 Å². The number of ether oxygens (including phenoxy) is 2. The van der Waals surface area contributed by atoms with Crippen molar-refractivity contribution in [2.75, 3.05) is 13.7 Å². The number of benzene rings is 1. The van der Waals surface area contributed by atoms with Crippen LogP contribution in [-0.4, -0.2) is 29.9 Å². The van der Waals surface area contributed by atoms with Gasteiger partial charge in [0.1, 0.15) is 6.61 Å². The van der Waals surface area contributed by atoms with Crippen LogP contribution in [0.5, 0.6) is 5.75 Å². The van der Waals surface area contributed by atoms with Gasteiger partial charge in [0.2, 0.25) is 5.75 Å². The molecule has 1 unspecified atom stereocenters. The predicted octanol–water partition coefficient (Wildman–Crippen LogP) is 2.82. The quantitative estimate of drug-likeness (QED) is 0.639. The Balaban J connectivity index is 3.19. The minimum atomic E-state index is -0.871. The number of aliphatic hydroxyl groups excluding tert-OH is 1. The standard InChI is InChI=1S/C12H16BrNO5/c1-7(18-3)6-19-12-10(8(2)15)4-9(13)5-11(12)14(16)17/h4-5,7-8,15H,6H2,1-3H3/t7?,8-/m0/s1. The Morgan fingerprint density at radius 3 is 2.58 bits per heavy atom. The van der Waals surface area contributed by atoms with Crippen LogP contribution < -0.4 is 4.74 Å². The van der Waals surface area contributed by atoms with Crippen LogP contribution in [0, 0.1) is 10.1 Å². The summed E-state index contributed by atoms with van der Waals surface area (Å²) in [5.74, 6) is 0.0760. The minimum Gasteiger partial charge on any atom is -0.484 e. The molecule has 0 fully saturated rings. The molecule has 0 aliphatic rings. The molecular formula is C12H16BrNO5. The van der Waals surface area contributed by atoms with Crippen LogP contribution in [0.25, 0.3) is 0 Å². The van der Waals surface area contributed by atoms with E-state index in [0.717, 1.165) is 0 Å². The summed E-state index contributed by atoms with van der Waals surface area (Å²) in [5.41, 5.74) is 0.179. The average molecular weight is 334 g/mol. The van der Waals surface area contributed by atoms with Gasteiger partial charge in [0.15, 0.2) is 0 Å². The van der Waals surface area contributed by atoms with Gasteiger partial charge in [-0.15, -0.1) is 0 Å². The van der Waals surface area contributed by atoms with Gasteiger partial charge in [-0.1, -0.05) is 15.9 Å². The molecule has 0 saturated carbocycles. The van der Waals surface area contributed by atoms with Gasteiger partial charge in [-0.25, -0.2) is 0 Å². The van der Waals surface area contributed by atoms with E-state index >= 15 is 0 Å². The summed E-state index contributed by atoms with van der Waals surface area (Å²) < 4.78 is 11.0. The largest absolute Gasteiger partial charge is 0.484 e. The lowest BCUT2D eigenvalue weighted by Gasteiger charge is -2.16. The summed E-state index contributed by atoms with van der Waals surface area (Å²) in [6, 6.07) is 2.95. The molecule has 0 aromatic heterocycles. The van der Waals surface area contributed by atoms with E-state index < -0.39 is 11.0 Å². The third-order valence-corrected chi connectivity index (χ3v) is 3.03. The second-order valence-electron chi connectivity index (χ2n) is 4.13. The van der Waals surface area contributed by atoms with Crippen LogP contribution in [0.3, 0.4) is 0 Å². The fourth-order valence-electron chi connectivity index (χ4n) is 1.47. The Hall–Kier alpha value is -1.18. The van der Waals surface area contributed by atoms with Crippen molar-refractivity contribution in [1.82, 2.24) is 0 Å². The number of methoxy groups -OCH3 is 1. The fraction of sp³-hybridized carbons (Fsp3) is 0.500. The number of nitro benzene ring substituents is 1. The van der Waals surface area contributed by atoms with Gasteiger partial charge >= 0.3 is 5.69 Å². The van der Waals surface area contributed by atoms with Crippen molar-refractivity contribution in [3.63, 3.8) is 0 Å². The Morgan fingerprint density at radius 1 is 1.47 bits per heavy atom. The van der Waals surface area contributed by atoms with Crippen LogP contribution in [0.4, 0.5) is 5.69 Å². The van der Waals surface area contributed by atoms with Gasteiger partial charge in [-0.3, -0.25) is 10.1 Å². The first-order valence-corrected chi connectivity index (χ1v) is 6.47. The van der Waals surface area contributed by atoms with E-state index in [1.807, 2.05) is 0 Å². The van der Waals surface area contributed by atoms with Crippen molar-refractivity contribution in [1.29, 1.82) is 0 Å². The Morgan fingerprint density at radius 2 is 2.11 bits per heavy atom. The Kier molecular flexibility index (Phi) is 5.71. The summed E-state index contributed by atoms with van der Waals surface area (Å²) in [5, 5.41) is 20.8. The molecule has 0 aliphatic heterocycles. The second-order valence-corrected chi connectivity index (χ2v) is 5.05. The predicted molar refractivity (Wildman–Crippen MR) is 73.4 cm³/mol. The first kappa shape index (κ1) is 15.9. The third-order valence-electron chi connectivity index (χ3n) is 2.57. The van der Waals surface area contributed by atoms with Gasteiger partial charge in [-0.2, -0.15) is 0 Å². The lowest BCUT2D eigenvalue weighted by atomic mass is 10.1. The minimum absolute atomic E-state index is 0.0760. The number of halogens is 1. The van der Waals surface area contributed by atoms with Crippen LogP contribution in [0.1, 0.15) is 25.5 Å². The zero-order valence-electron chi connectivity index (χ0n) is 10.9. The molecule has 1 N–H and O–H groups in total. The Labute approximate surface area is 119 Å². The molecule has 0 amide bonds. The van der Waals surface area contributed by atoms with E-state index in [4.69, 9.17) is 9.47 Å². The van der Waals surface area contributed by atoms with Crippen LogP contribution in [-0.2, 0) is 4.74 Å². The zero-order chi connectivity index (χ0) is 14.6. The van der Waals surface area contributed by atoms with Crippen LogP contribution in [0.2, 0.25) is 0 Å². The first-order valence-electron chi connectivity index (χ1n) is 5.68. The molecule has 7 heteroatoms. The molecule has 6 nitrogen and oxygen atoms in total. The number of hydrogen-bond acceptors (Lipinski definition) is 5. The molecule has 1 rings (SSSR count). The van der Waals surface area contributed by atoms with Gasteiger partial charge < -0.3 is 14.6 Å². The van der Waals surface area contributed by atoms with Gasteiger partial charge in [0, 0.05) is 23.2 Å². The van der Waals surface area contributed by atoms with Crippen molar-refractivity contribution in [2.24, 2.45) is 0 Å². The normalized spacial score (nSPS) is 13.9. The summed E-state index contributed by atoms with van der Waals surface area (Å²) >= 11 is 3.18. The highest BCUT2D eigenvalue weighted by Gasteiger charge is 2.23. The molecule has 0 spiro atoms. The Bertz CT molecular complexity index is 464. The van der Waals surface area contributed by atoms with Crippen molar-refractivity contribution in [3.8, 4) is 5.75 Å². The SMILES string of the molecule is COC(C)COc1c([C@H](C)O)cc(Br)cc1[N+](=O)[O-]. The summed E-state index contributed by atoms with van der Waals surface area (Å²) in [7, 11) is 1.53. The molecular weight excluding hydrogens is 318 g/mol. The van der Waals surface area contributed by atoms with E-state index in [1.54, 1.807) is 13.0 Å². The van der Waals surface area contributed by atoms with Crippen molar-refractivity contribution in [3.05, 3.63) is 32.3 Å². The average Bonchev–Trinajstić information content (AvgIpc) is 2.35. The molecule has 0 bridgehead atoms. The molecule has 19 heavy (non-hydrogen) atoms. The highest BCUT2D eigenvalue weighted by Crippen LogP contribution is 2.37. The summed E-state index contributed by atoms with van der Waals surface area (Å²) in [4.78, 5) is 10.5. The monoisotopic (exact) mass is 333 g/mol. The summed E-state index contributed by atoms with van der Waals surface area (Å²) in [6.45, 7) is 3.48. The number of aliphatic hydroxyl groups is 1. The maximum absolute atomic E-state index is 11.1. The zero-order valence-corrected chi connectivity index (χ0v) is 12.5. The molecule has 0 aliphatic carbocycles. The van der Waals surface area contributed by atoms with Gasteiger partial charge in [0.05, 0.1) is 17.1 Å². The molecule has 2 atom stereocenters. The third kappa shape index (κ3) is 4.15. The van der Waals surface area contributed by atoms with E-state index in [-0.39, 0.29) is 24.1 Å². The fourth-order valence-corrected chi connectivity index (χ4v) is 1.94. The van der Waals surface area contributed by atoms with Crippen molar-refractivity contribution >= 4 is 21.6 Å². The summed E-state index contributed by atoms with van der Waals surface area (Å²) in [6.07, 6.45) is -1.07. The highest BCUT2D eigenvalue weighted by atomic mass is 79.9. The lowest BCUT2D eigenvalue weighted by molar-refractivity contribution is -0.386. The lowest BCUT2D eigenvalue weighted by Crippen LogP contribution is -2.17. The number of nitro groups is 1. The second kappa shape index (κ2) is 6.83. The first-order chi connectivity index (χ1) is 8.86. The number of rotatable bonds is 6. The maximum atomic E-state index is 11.1. The van der Waals surface area contributed by atoms with E-state index in [1.165, 1.54) is 20.1 Å². The number of hydrogen-bond donors (Lipinski definition) is 1. The van der Waals surface area contributed by atoms with E-state index in [2.05, 4.69) is 15.9 Å².